The molecule has 26 heavy (non-hydrogen) atoms. The van der Waals surface area contributed by atoms with Crippen LogP contribution in [-0.2, 0) is 9.47 Å². The van der Waals surface area contributed by atoms with E-state index in [-0.39, 0.29) is 29.5 Å². The van der Waals surface area contributed by atoms with Gasteiger partial charge < -0.3 is 20.1 Å². The number of halogens is 1. The van der Waals surface area contributed by atoms with Crippen LogP contribution in [0.4, 0.5) is 0 Å². The number of rotatable bonds is 9. The van der Waals surface area contributed by atoms with Crippen LogP contribution in [0.5, 0.6) is 0 Å². The molecule has 0 spiro atoms. The van der Waals surface area contributed by atoms with E-state index in [1.807, 2.05) is 0 Å². The van der Waals surface area contributed by atoms with Gasteiger partial charge in [0.05, 0.1) is 19.3 Å². The van der Waals surface area contributed by atoms with Crippen molar-refractivity contribution in [1.29, 1.82) is 0 Å². The van der Waals surface area contributed by atoms with Crippen LogP contribution < -0.4 is 10.6 Å². The minimum absolute atomic E-state index is 0. The number of nitrogens with zero attached hydrogens (tertiary/aromatic N) is 2. The summed E-state index contributed by atoms with van der Waals surface area (Å²) in [5.41, 5.74) is 0.119. The van der Waals surface area contributed by atoms with Crippen LogP contribution in [0, 0.1) is 0 Å². The highest BCUT2D eigenvalue weighted by atomic mass is 127. The number of nitrogens with one attached hydrogen (secondary N) is 2. The van der Waals surface area contributed by atoms with E-state index in [9.17, 15) is 0 Å². The van der Waals surface area contributed by atoms with Crippen LogP contribution in [0.25, 0.3) is 0 Å². The molecule has 2 N–H and O–H groups in total. The summed E-state index contributed by atoms with van der Waals surface area (Å²) in [6.07, 6.45) is 6.32. The smallest absolute Gasteiger partial charge is 0.191 e. The van der Waals surface area contributed by atoms with E-state index in [4.69, 9.17) is 14.5 Å². The number of hydrogen-bond donors (Lipinski definition) is 2. The summed E-state index contributed by atoms with van der Waals surface area (Å²) >= 11 is 0. The normalized spacial score (nSPS) is 22.1. The molecular formula is C19H39IN4O2. The number of hydrogen-bond acceptors (Lipinski definition) is 4. The van der Waals surface area contributed by atoms with Crippen molar-refractivity contribution in [2.24, 2.45) is 4.99 Å². The second-order valence-corrected chi connectivity index (χ2v) is 7.69. The fourth-order valence-electron chi connectivity index (χ4n) is 3.39. The molecule has 0 aromatic carbocycles. The monoisotopic (exact) mass is 482 g/mol. The molecule has 0 radical (unpaired) electrons. The van der Waals surface area contributed by atoms with Crippen LogP contribution in [0.15, 0.2) is 4.99 Å². The molecule has 7 heteroatoms. The Labute approximate surface area is 176 Å². The topological polar surface area (TPSA) is 58.1 Å². The lowest BCUT2D eigenvalue weighted by molar-refractivity contribution is 0.0420. The third kappa shape index (κ3) is 8.71. The minimum atomic E-state index is 0. The van der Waals surface area contributed by atoms with Crippen LogP contribution in [0.2, 0.25) is 0 Å². The molecule has 2 aliphatic heterocycles. The predicted octanol–water partition coefficient (Wildman–Crippen LogP) is 2.62. The first-order chi connectivity index (χ1) is 12.1. The van der Waals surface area contributed by atoms with Crippen LogP contribution in [-0.4, -0.2) is 75.0 Å². The summed E-state index contributed by atoms with van der Waals surface area (Å²) < 4.78 is 11.1. The first kappa shape index (κ1) is 23.9. The molecule has 2 rings (SSSR count). The zero-order valence-corrected chi connectivity index (χ0v) is 19.2. The third-order valence-electron chi connectivity index (χ3n) is 5.04. The largest absolute Gasteiger partial charge is 0.379 e. The van der Waals surface area contributed by atoms with E-state index in [0.717, 1.165) is 58.3 Å². The van der Waals surface area contributed by atoms with Gasteiger partial charge >= 0.3 is 0 Å². The quantitative estimate of drug-likeness (QED) is 0.229. The molecule has 1 unspecified atom stereocenters. The van der Waals surface area contributed by atoms with Gasteiger partial charge in [-0.3, -0.25) is 9.89 Å². The second kappa shape index (κ2) is 13.1. The van der Waals surface area contributed by atoms with E-state index < -0.39 is 0 Å². The van der Waals surface area contributed by atoms with Crippen LogP contribution in [0.1, 0.15) is 52.9 Å². The zero-order chi connectivity index (χ0) is 18.0. The number of guanidine groups is 1. The Hall–Kier alpha value is -0.120. The fourth-order valence-corrected chi connectivity index (χ4v) is 3.39. The number of ether oxygens (including phenoxy) is 2. The lowest BCUT2D eigenvalue weighted by atomic mass is 9.99. The number of piperidine rings is 1. The molecule has 0 aromatic rings. The van der Waals surface area contributed by atoms with Gasteiger partial charge in [0, 0.05) is 31.8 Å². The van der Waals surface area contributed by atoms with E-state index in [1.54, 1.807) is 0 Å². The van der Waals surface area contributed by atoms with Crippen molar-refractivity contribution in [2.45, 2.75) is 64.5 Å². The molecule has 2 heterocycles. The van der Waals surface area contributed by atoms with Crippen molar-refractivity contribution in [3.8, 4) is 0 Å². The average Bonchev–Trinajstić information content (AvgIpc) is 3.13. The Balaban J connectivity index is 0.00000338. The van der Waals surface area contributed by atoms with Crippen LogP contribution in [0.3, 0.4) is 0 Å². The van der Waals surface area contributed by atoms with Crippen molar-refractivity contribution in [3.63, 3.8) is 0 Å². The van der Waals surface area contributed by atoms with Crippen molar-refractivity contribution in [3.05, 3.63) is 0 Å². The van der Waals surface area contributed by atoms with Gasteiger partial charge in [-0.2, -0.15) is 0 Å². The Morgan fingerprint density at radius 1 is 1.23 bits per heavy atom. The fraction of sp³-hybridized carbons (Fsp3) is 0.947. The Bertz CT molecular complexity index is 395. The molecular weight excluding hydrogens is 443 g/mol. The molecule has 2 aliphatic rings. The first-order valence-corrected chi connectivity index (χ1v) is 10.1. The first-order valence-electron chi connectivity index (χ1n) is 10.1. The highest BCUT2D eigenvalue weighted by Gasteiger charge is 2.27. The summed E-state index contributed by atoms with van der Waals surface area (Å²) in [6.45, 7) is 14.1. The molecule has 154 valence electrons. The highest BCUT2D eigenvalue weighted by molar-refractivity contribution is 14.0. The van der Waals surface area contributed by atoms with E-state index in [1.165, 1.54) is 32.4 Å². The SMILES string of the molecule is CCNC(=NCC(C)(C)N1CCCCC1)NCCCOC1CCOC1.I. The van der Waals surface area contributed by atoms with Crippen LogP contribution >= 0.6 is 24.0 Å². The zero-order valence-electron chi connectivity index (χ0n) is 16.9. The van der Waals surface area contributed by atoms with Crippen molar-refractivity contribution in [1.82, 2.24) is 15.5 Å². The van der Waals surface area contributed by atoms with Gasteiger partial charge in [-0.25, -0.2) is 0 Å². The van der Waals surface area contributed by atoms with Gasteiger partial charge in [0.1, 0.15) is 0 Å². The average molecular weight is 482 g/mol. The maximum atomic E-state index is 5.81. The highest BCUT2D eigenvalue weighted by Crippen LogP contribution is 2.20. The molecule has 0 saturated carbocycles. The molecule has 0 bridgehead atoms. The number of aliphatic imine (C=N–C) groups is 1. The molecule has 0 aromatic heterocycles. The Kier molecular flexibility index (Phi) is 12.1. The van der Waals surface area contributed by atoms with Gasteiger partial charge in [-0.1, -0.05) is 6.42 Å². The number of likely N-dealkylation sites (tertiary alicyclic amines) is 1. The lowest BCUT2D eigenvalue weighted by Gasteiger charge is -2.40. The molecule has 2 fully saturated rings. The van der Waals surface area contributed by atoms with Crippen molar-refractivity contribution in [2.75, 3.05) is 52.5 Å². The molecule has 0 aliphatic carbocycles. The molecule has 1 atom stereocenters. The molecule has 0 amide bonds. The minimum Gasteiger partial charge on any atom is -0.379 e. The molecule has 2 saturated heterocycles. The van der Waals surface area contributed by atoms with Crippen molar-refractivity contribution >= 4 is 29.9 Å². The summed E-state index contributed by atoms with van der Waals surface area (Å²) in [7, 11) is 0. The second-order valence-electron chi connectivity index (χ2n) is 7.69. The van der Waals surface area contributed by atoms with Gasteiger partial charge in [-0.05, 0) is 59.5 Å². The summed E-state index contributed by atoms with van der Waals surface area (Å²) in [5.74, 6) is 0.914. The maximum Gasteiger partial charge on any atom is 0.191 e. The Morgan fingerprint density at radius 2 is 2.00 bits per heavy atom. The Morgan fingerprint density at radius 3 is 2.65 bits per heavy atom. The van der Waals surface area contributed by atoms with E-state index in [0.29, 0.717) is 6.10 Å². The van der Waals surface area contributed by atoms with Gasteiger partial charge in [-0.15, -0.1) is 24.0 Å². The van der Waals surface area contributed by atoms with E-state index in [2.05, 4.69) is 36.3 Å². The lowest BCUT2D eigenvalue weighted by Crippen LogP contribution is -2.49. The standard InChI is InChI=1S/C19H38N4O2.HI/c1-4-20-18(21-10-8-13-25-17-9-14-24-15-17)22-16-19(2,3)23-11-6-5-7-12-23;/h17H,4-16H2,1-3H3,(H2,20,21,22);1H. The van der Waals surface area contributed by atoms with Gasteiger partial charge in [0.15, 0.2) is 5.96 Å². The van der Waals surface area contributed by atoms with E-state index >= 15 is 0 Å². The summed E-state index contributed by atoms with van der Waals surface area (Å²) in [5, 5.41) is 6.78. The summed E-state index contributed by atoms with van der Waals surface area (Å²) in [6, 6.07) is 0. The van der Waals surface area contributed by atoms with Gasteiger partial charge in [0.2, 0.25) is 0 Å². The van der Waals surface area contributed by atoms with Crippen molar-refractivity contribution < 1.29 is 9.47 Å². The molecule has 6 nitrogen and oxygen atoms in total. The third-order valence-corrected chi connectivity index (χ3v) is 5.04. The summed E-state index contributed by atoms with van der Waals surface area (Å²) in [4.78, 5) is 7.41. The van der Waals surface area contributed by atoms with Gasteiger partial charge in [0.25, 0.3) is 0 Å². The maximum absolute atomic E-state index is 5.81. The predicted molar refractivity (Wildman–Crippen MR) is 119 cm³/mol.